The third kappa shape index (κ3) is 3.20. The minimum atomic E-state index is -0.500. The summed E-state index contributed by atoms with van der Waals surface area (Å²) >= 11 is 3.15. The average molecular weight is 312 g/mol. The van der Waals surface area contributed by atoms with Crippen molar-refractivity contribution in [2.45, 2.75) is 6.42 Å². The van der Waals surface area contributed by atoms with E-state index in [1.165, 1.54) is 24.3 Å². The van der Waals surface area contributed by atoms with Gasteiger partial charge in [0.25, 0.3) is 0 Å². The number of carbonyl (C=O) groups excluding carboxylic acids is 1. The number of rotatable bonds is 3. The summed E-state index contributed by atoms with van der Waals surface area (Å²) in [6.07, 6.45) is 1.00. The lowest BCUT2D eigenvalue weighted by Crippen LogP contribution is -2.06. The lowest BCUT2D eigenvalue weighted by Gasteiger charge is -2.02. The summed E-state index contributed by atoms with van der Waals surface area (Å²) in [4.78, 5) is 15.5. The number of pyridine rings is 1. The fourth-order valence-corrected chi connectivity index (χ4v) is 2.04. The van der Waals surface area contributed by atoms with Crippen LogP contribution in [-0.4, -0.2) is 10.8 Å². The Balaban J connectivity index is 2.18. The van der Waals surface area contributed by atoms with Gasteiger partial charge in [-0.1, -0.05) is 15.9 Å². The van der Waals surface area contributed by atoms with Crippen LogP contribution in [0.25, 0.3) is 0 Å². The van der Waals surface area contributed by atoms with Crippen LogP contribution in [0.3, 0.4) is 0 Å². The summed E-state index contributed by atoms with van der Waals surface area (Å²) in [5.41, 5.74) is 0.704. The van der Waals surface area contributed by atoms with Gasteiger partial charge in [0.1, 0.15) is 17.3 Å². The second-order valence-electron chi connectivity index (χ2n) is 3.74. The van der Waals surface area contributed by atoms with Gasteiger partial charge >= 0.3 is 0 Å². The normalized spacial score (nSPS) is 10.4. The van der Waals surface area contributed by atoms with Gasteiger partial charge in [-0.2, -0.15) is 0 Å². The van der Waals surface area contributed by atoms with Crippen LogP contribution in [-0.2, 0) is 6.42 Å². The van der Waals surface area contributed by atoms with Crippen molar-refractivity contribution in [1.29, 1.82) is 0 Å². The number of carbonyl (C=O) groups is 1. The number of hydrogen-bond acceptors (Lipinski definition) is 2. The zero-order valence-corrected chi connectivity index (χ0v) is 10.7. The Morgan fingerprint density at radius 2 is 1.94 bits per heavy atom. The zero-order valence-electron chi connectivity index (χ0n) is 9.16. The lowest BCUT2D eigenvalue weighted by atomic mass is 10.1. The molecule has 2 aromatic rings. The molecule has 0 aliphatic rings. The van der Waals surface area contributed by atoms with Gasteiger partial charge in [0.05, 0.1) is 6.20 Å². The highest BCUT2D eigenvalue weighted by atomic mass is 79.9. The molecule has 5 heteroatoms. The maximum atomic E-state index is 13.1. The highest BCUT2D eigenvalue weighted by Crippen LogP contribution is 2.16. The zero-order chi connectivity index (χ0) is 13.1. The van der Waals surface area contributed by atoms with Crippen LogP contribution in [0.2, 0.25) is 0 Å². The van der Waals surface area contributed by atoms with E-state index in [-0.39, 0.29) is 17.9 Å². The number of hydrogen-bond donors (Lipinski definition) is 0. The summed E-state index contributed by atoms with van der Waals surface area (Å²) in [7, 11) is 0. The second kappa shape index (κ2) is 5.35. The Morgan fingerprint density at radius 1 is 1.17 bits per heavy atom. The molecule has 1 heterocycles. The van der Waals surface area contributed by atoms with Gasteiger partial charge < -0.3 is 0 Å². The van der Waals surface area contributed by atoms with Crippen LogP contribution in [0.5, 0.6) is 0 Å². The van der Waals surface area contributed by atoms with Crippen molar-refractivity contribution in [1.82, 2.24) is 4.98 Å². The number of ketones is 1. The molecular weight excluding hydrogens is 304 g/mol. The fourth-order valence-electron chi connectivity index (χ4n) is 1.53. The van der Waals surface area contributed by atoms with E-state index in [1.54, 1.807) is 6.07 Å². The van der Waals surface area contributed by atoms with E-state index in [2.05, 4.69) is 20.9 Å². The first-order chi connectivity index (χ1) is 8.54. The second-order valence-corrected chi connectivity index (χ2v) is 4.65. The van der Waals surface area contributed by atoms with Crippen molar-refractivity contribution < 1.29 is 13.6 Å². The molecular formula is C13H8BrF2NO. The molecule has 0 aliphatic carbocycles. The summed E-state index contributed by atoms with van der Waals surface area (Å²) in [6.45, 7) is 0. The van der Waals surface area contributed by atoms with Crippen molar-refractivity contribution in [3.05, 3.63) is 63.9 Å². The van der Waals surface area contributed by atoms with E-state index >= 15 is 0 Å². The van der Waals surface area contributed by atoms with Gasteiger partial charge in [0.2, 0.25) is 0 Å². The van der Waals surface area contributed by atoms with Crippen molar-refractivity contribution in [2.75, 3.05) is 0 Å². The van der Waals surface area contributed by atoms with E-state index in [4.69, 9.17) is 0 Å². The molecule has 0 spiro atoms. The monoisotopic (exact) mass is 311 g/mol. The Morgan fingerprint density at radius 3 is 2.56 bits per heavy atom. The van der Waals surface area contributed by atoms with E-state index in [1.807, 2.05) is 0 Å². The summed E-state index contributed by atoms with van der Waals surface area (Å²) in [5, 5.41) is 0. The molecule has 0 aliphatic heterocycles. The highest BCUT2D eigenvalue weighted by molar-refractivity contribution is 9.10. The van der Waals surface area contributed by atoms with E-state index < -0.39 is 11.6 Å². The Kier molecular flexibility index (Phi) is 3.81. The van der Waals surface area contributed by atoms with Crippen LogP contribution in [0.4, 0.5) is 8.78 Å². The minimum Gasteiger partial charge on any atom is -0.292 e. The molecule has 0 amide bonds. The van der Waals surface area contributed by atoms with Crippen LogP contribution in [0, 0.1) is 11.6 Å². The molecule has 0 saturated heterocycles. The number of benzene rings is 1. The fraction of sp³-hybridized carbons (Fsp3) is 0.0769. The van der Waals surface area contributed by atoms with Gasteiger partial charge in [-0.05, 0) is 35.9 Å². The molecule has 0 radical (unpaired) electrons. The van der Waals surface area contributed by atoms with Gasteiger partial charge in [-0.3, -0.25) is 9.78 Å². The van der Waals surface area contributed by atoms with Crippen molar-refractivity contribution in [3.8, 4) is 0 Å². The van der Waals surface area contributed by atoms with Gasteiger partial charge in [-0.15, -0.1) is 0 Å². The maximum Gasteiger partial charge on any atom is 0.185 e. The van der Waals surface area contributed by atoms with Crippen LogP contribution >= 0.6 is 15.9 Å². The largest absolute Gasteiger partial charge is 0.292 e. The van der Waals surface area contributed by atoms with Crippen molar-refractivity contribution >= 4 is 21.7 Å². The molecule has 2 nitrogen and oxygen atoms in total. The predicted molar refractivity (Wildman–Crippen MR) is 66.3 cm³/mol. The number of Topliss-reactive ketones (excluding diaryl/α,β-unsaturated/α-hetero) is 1. The van der Waals surface area contributed by atoms with E-state index in [9.17, 15) is 13.6 Å². The summed E-state index contributed by atoms with van der Waals surface area (Å²) in [6, 6.07) is 6.73. The Hall–Kier alpha value is -1.62. The molecule has 0 N–H and O–H groups in total. The molecule has 0 saturated carbocycles. The first kappa shape index (κ1) is 12.8. The topological polar surface area (TPSA) is 30.0 Å². The van der Waals surface area contributed by atoms with Crippen LogP contribution in [0.15, 0.2) is 41.0 Å². The molecule has 2 rings (SSSR count). The van der Waals surface area contributed by atoms with Crippen LogP contribution < -0.4 is 0 Å². The quantitative estimate of drug-likeness (QED) is 0.811. The van der Waals surface area contributed by atoms with Gasteiger partial charge in [0, 0.05) is 10.9 Å². The molecule has 0 unspecified atom stereocenters. The third-order valence-electron chi connectivity index (χ3n) is 2.30. The summed E-state index contributed by atoms with van der Waals surface area (Å²) < 4.78 is 26.3. The van der Waals surface area contributed by atoms with E-state index in [0.29, 0.717) is 10.0 Å². The third-order valence-corrected chi connectivity index (χ3v) is 2.76. The van der Waals surface area contributed by atoms with Crippen molar-refractivity contribution in [3.63, 3.8) is 0 Å². The maximum absolute atomic E-state index is 13.1. The molecule has 0 atom stereocenters. The Labute approximate surface area is 111 Å². The first-order valence-corrected chi connectivity index (χ1v) is 5.93. The summed E-state index contributed by atoms with van der Waals surface area (Å²) in [5.74, 6) is -1.20. The van der Waals surface area contributed by atoms with Gasteiger partial charge in [0.15, 0.2) is 5.78 Å². The molecule has 1 aromatic heterocycles. The van der Waals surface area contributed by atoms with Crippen LogP contribution in [0.1, 0.15) is 16.1 Å². The smallest absolute Gasteiger partial charge is 0.185 e. The van der Waals surface area contributed by atoms with E-state index in [0.717, 1.165) is 6.20 Å². The number of nitrogens with zero attached hydrogens (tertiary/aromatic N) is 1. The standard InChI is InChI=1S/C13H8BrF2NO/c14-9-3-8(4-11(16)6-9)5-13(18)12-2-1-10(15)7-17-12/h1-4,6-7H,5H2. The van der Waals surface area contributed by atoms with Crippen molar-refractivity contribution in [2.24, 2.45) is 0 Å². The SMILES string of the molecule is O=C(Cc1cc(F)cc(Br)c1)c1ccc(F)cn1. The first-order valence-electron chi connectivity index (χ1n) is 5.14. The van der Waals surface area contributed by atoms with Gasteiger partial charge in [-0.25, -0.2) is 8.78 Å². The Bertz CT molecular complexity index is 564. The number of aromatic nitrogens is 1. The predicted octanol–water partition coefficient (Wildman–Crippen LogP) is 3.55. The average Bonchev–Trinajstić information content (AvgIpc) is 2.28. The molecule has 0 fully saturated rings. The molecule has 92 valence electrons. The highest BCUT2D eigenvalue weighted by Gasteiger charge is 2.10. The molecule has 1 aromatic carbocycles. The molecule has 18 heavy (non-hydrogen) atoms. The minimum absolute atomic E-state index is 0.0228. The number of halogens is 3. The molecule has 0 bridgehead atoms. The lowest BCUT2D eigenvalue weighted by molar-refractivity contribution is 0.0988.